The number of rotatable bonds is 6. The molecule has 2 aromatic carbocycles. The second-order valence-corrected chi connectivity index (χ2v) is 6.66. The SMILES string of the molecule is COc1ccc(OC)c(C[NH+]2CC[NH+](Cc3ccc(F)cc3)CC2)c1. The molecule has 0 aliphatic carbocycles. The number of ether oxygens (including phenoxy) is 2. The molecule has 1 aliphatic rings. The summed E-state index contributed by atoms with van der Waals surface area (Å²) in [5, 5.41) is 0. The van der Waals surface area contributed by atoms with Crippen molar-refractivity contribution >= 4 is 0 Å². The summed E-state index contributed by atoms with van der Waals surface area (Å²) in [6.07, 6.45) is 0. The zero-order chi connectivity index (χ0) is 17.6. The van der Waals surface area contributed by atoms with Crippen molar-refractivity contribution in [3.63, 3.8) is 0 Å². The fourth-order valence-corrected chi connectivity index (χ4v) is 3.49. The molecule has 0 atom stereocenters. The quantitative estimate of drug-likeness (QED) is 0.789. The lowest BCUT2D eigenvalue weighted by atomic mass is 10.1. The highest BCUT2D eigenvalue weighted by Gasteiger charge is 2.24. The highest BCUT2D eigenvalue weighted by Crippen LogP contribution is 2.23. The van der Waals surface area contributed by atoms with Crippen molar-refractivity contribution < 1.29 is 23.7 Å². The van der Waals surface area contributed by atoms with Gasteiger partial charge in [-0.2, -0.15) is 0 Å². The standard InChI is InChI=1S/C20H25FN2O2/c1-24-19-7-8-20(25-2)17(13-19)15-23-11-9-22(10-12-23)14-16-3-5-18(21)6-4-16/h3-8,13H,9-12,14-15H2,1-2H3/p+2. The summed E-state index contributed by atoms with van der Waals surface area (Å²) in [6, 6.07) is 12.9. The molecule has 5 heteroatoms. The van der Waals surface area contributed by atoms with Crippen molar-refractivity contribution in [2.45, 2.75) is 13.1 Å². The average Bonchev–Trinajstić information content (AvgIpc) is 2.65. The Morgan fingerprint density at radius 2 is 1.48 bits per heavy atom. The normalized spacial score (nSPS) is 20.3. The summed E-state index contributed by atoms with van der Waals surface area (Å²) in [6.45, 7) is 6.41. The first-order valence-corrected chi connectivity index (χ1v) is 8.80. The molecule has 3 rings (SSSR count). The Balaban J connectivity index is 1.55. The van der Waals surface area contributed by atoms with Crippen LogP contribution >= 0.6 is 0 Å². The molecule has 1 fully saturated rings. The van der Waals surface area contributed by atoms with E-state index in [0.29, 0.717) is 0 Å². The van der Waals surface area contributed by atoms with Crippen LogP contribution in [-0.2, 0) is 13.1 Å². The van der Waals surface area contributed by atoms with Crippen LogP contribution in [0.4, 0.5) is 4.39 Å². The minimum atomic E-state index is -0.166. The van der Waals surface area contributed by atoms with E-state index >= 15 is 0 Å². The van der Waals surface area contributed by atoms with Gasteiger partial charge in [-0.25, -0.2) is 4.39 Å². The van der Waals surface area contributed by atoms with Gasteiger partial charge in [-0.15, -0.1) is 0 Å². The van der Waals surface area contributed by atoms with Crippen LogP contribution in [0.5, 0.6) is 11.5 Å². The number of methoxy groups -OCH3 is 2. The van der Waals surface area contributed by atoms with Crippen molar-refractivity contribution in [1.29, 1.82) is 0 Å². The van der Waals surface area contributed by atoms with E-state index in [1.165, 1.54) is 11.1 Å². The molecule has 1 saturated heterocycles. The van der Waals surface area contributed by atoms with Gasteiger partial charge in [0.05, 0.1) is 19.8 Å². The van der Waals surface area contributed by atoms with Crippen molar-refractivity contribution in [3.8, 4) is 11.5 Å². The van der Waals surface area contributed by atoms with Crippen molar-refractivity contribution in [2.75, 3.05) is 40.4 Å². The lowest BCUT2D eigenvalue weighted by molar-refractivity contribution is -1.02. The van der Waals surface area contributed by atoms with E-state index in [2.05, 4.69) is 6.07 Å². The molecule has 2 aromatic rings. The fourth-order valence-electron chi connectivity index (χ4n) is 3.49. The van der Waals surface area contributed by atoms with Crippen LogP contribution in [0, 0.1) is 5.82 Å². The molecular weight excluding hydrogens is 319 g/mol. The first-order valence-electron chi connectivity index (χ1n) is 8.80. The highest BCUT2D eigenvalue weighted by molar-refractivity contribution is 5.39. The summed E-state index contributed by atoms with van der Waals surface area (Å²) < 4.78 is 23.8. The molecular formula is C20H27FN2O2+2. The zero-order valence-corrected chi connectivity index (χ0v) is 15.0. The molecule has 4 nitrogen and oxygen atoms in total. The maximum Gasteiger partial charge on any atom is 0.127 e. The number of hydrogen-bond acceptors (Lipinski definition) is 2. The summed E-state index contributed by atoms with van der Waals surface area (Å²) in [5.74, 6) is 1.63. The van der Waals surface area contributed by atoms with E-state index in [-0.39, 0.29) is 5.82 Å². The molecule has 0 unspecified atom stereocenters. The van der Waals surface area contributed by atoms with Crippen LogP contribution in [0.25, 0.3) is 0 Å². The number of halogens is 1. The van der Waals surface area contributed by atoms with E-state index in [1.54, 1.807) is 36.2 Å². The van der Waals surface area contributed by atoms with Gasteiger partial charge in [-0.3, -0.25) is 0 Å². The largest absolute Gasteiger partial charge is 0.497 e. The number of piperazine rings is 1. The maximum atomic E-state index is 13.0. The summed E-state index contributed by atoms with van der Waals surface area (Å²) in [4.78, 5) is 3.13. The Morgan fingerprint density at radius 1 is 0.840 bits per heavy atom. The van der Waals surface area contributed by atoms with E-state index in [4.69, 9.17) is 9.47 Å². The van der Waals surface area contributed by atoms with Crippen LogP contribution < -0.4 is 19.3 Å². The number of quaternary nitrogens is 2. The molecule has 0 bridgehead atoms. The Labute approximate surface area is 148 Å². The molecule has 2 N–H and O–H groups in total. The fraction of sp³-hybridized carbons (Fsp3) is 0.400. The summed E-state index contributed by atoms with van der Waals surface area (Å²) in [5.41, 5.74) is 2.40. The summed E-state index contributed by atoms with van der Waals surface area (Å²) >= 11 is 0. The first kappa shape index (κ1) is 17.7. The van der Waals surface area contributed by atoms with Crippen LogP contribution in [0.2, 0.25) is 0 Å². The molecule has 0 amide bonds. The van der Waals surface area contributed by atoms with Crippen LogP contribution in [0.1, 0.15) is 11.1 Å². The van der Waals surface area contributed by atoms with Crippen LogP contribution in [0.15, 0.2) is 42.5 Å². The van der Waals surface area contributed by atoms with E-state index < -0.39 is 0 Å². The molecule has 0 spiro atoms. The second kappa shape index (κ2) is 8.32. The average molecular weight is 346 g/mol. The van der Waals surface area contributed by atoms with Crippen molar-refractivity contribution in [3.05, 3.63) is 59.4 Å². The monoisotopic (exact) mass is 346 g/mol. The number of hydrogen-bond donors (Lipinski definition) is 2. The Hall–Kier alpha value is -2.11. The Kier molecular flexibility index (Phi) is 5.89. The van der Waals surface area contributed by atoms with Gasteiger partial charge in [0.1, 0.15) is 56.6 Å². The van der Waals surface area contributed by atoms with Gasteiger partial charge in [0.2, 0.25) is 0 Å². The summed E-state index contributed by atoms with van der Waals surface area (Å²) in [7, 11) is 3.40. The molecule has 25 heavy (non-hydrogen) atoms. The van der Waals surface area contributed by atoms with Gasteiger partial charge in [-0.05, 0) is 30.3 Å². The Bertz CT molecular complexity index is 683. The van der Waals surface area contributed by atoms with Gasteiger partial charge in [0.25, 0.3) is 0 Å². The van der Waals surface area contributed by atoms with E-state index in [1.807, 2.05) is 24.3 Å². The molecule has 134 valence electrons. The molecule has 0 radical (unpaired) electrons. The van der Waals surface area contributed by atoms with Gasteiger partial charge >= 0.3 is 0 Å². The third-order valence-corrected chi connectivity index (χ3v) is 4.96. The van der Waals surface area contributed by atoms with Gasteiger partial charge in [0.15, 0.2) is 0 Å². The number of nitrogens with one attached hydrogen (secondary N) is 2. The highest BCUT2D eigenvalue weighted by atomic mass is 19.1. The van der Waals surface area contributed by atoms with Gasteiger partial charge < -0.3 is 19.3 Å². The predicted octanol–water partition coefficient (Wildman–Crippen LogP) is 0.327. The predicted molar refractivity (Wildman–Crippen MR) is 94.7 cm³/mol. The van der Waals surface area contributed by atoms with Gasteiger partial charge in [-0.1, -0.05) is 12.1 Å². The second-order valence-electron chi connectivity index (χ2n) is 6.66. The third kappa shape index (κ3) is 4.71. The maximum absolute atomic E-state index is 13.0. The van der Waals surface area contributed by atoms with Crippen molar-refractivity contribution in [2.24, 2.45) is 0 Å². The molecule has 1 aliphatic heterocycles. The van der Waals surface area contributed by atoms with Crippen LogP contribution in [0.3, 0.4) is 0 Å². The minimum Gasteiger partial charge on any atom is -0.497 e. The molecule has 0 aromatic heterocycles. The topological polar surface area (TPSA) is 27.3 Å². The molecule has 1 heterocycles. The number of benzene rings is 2. The van der Waals surface area contributed by atoms with Crippen molar-refractivity contribution in [1.82, 2.24) is 0 Å². The van der Waals surface area contributed by atoms with E-state index in [0.717, 1.165) is 50.8 Å². The third-order valence-electron chi connectivity index (χ3n) is 4.96. The lowest BCUT2D eigenvalue weighted by Gasteiger charge is -2.30. The smallest absolute Gasteiger partial charge is 0.127 e. The lowest BCUT2D eigenvalue weighted by Crippen LogP contribution is -3.27. The zero-order valence-electron chi connectivity index (χ0n) is 15.0. The molecule has 0 saturated carbocycles. The first-order chi connectivity index (χ1) is 12.2. The van der Waals surface area contributed by atoms with Crippen LogP contribution in [-0.4, -0.2) is 40.4 Å². The van der Waals surface area contributed by atoms with E-state index in [9.17, 15) is 4.39 Å². The Morgan fingerprint density at radius 3 is 2.08 bits per heavy atom. The van der Waals surface area contributed by atoms with Gasteiger partial charge in [0, 0.05) is 5.56 Å². The minimum absolute atomic E-state index is 0.166.